The van der Waals surface area contributed by atoms with Gasteiger partial charge in [-0.15, -0.1) is 11.6 Å². The predicted molar refractivity (Wildman–Crippen MR) is 69.9 cm³/mol. The molecule has 0 heterocycles. The average molecular weight is 271 g/mol. The molecule has 0 saturated carbocycles. The Kier molecular flexibility index (Phi) is 9.82. The van der Waals surface area contributed by atoms with Crippen molar-refractivity contribution in [2.45, 2.75) is 75.3 Å². The molecule has 1 atom stereocenters. The molecule has 0 rings (SSSR count). The van der Waals surface area contributed by atoms with Crippen LogP contribution in [0.15, 0.2) is 0 Å². The standard InChI is InChI=1S/C12H24Cl2O2/c1-2-3-4-5-6-7-8-9-10-11(13)12(14,15)16/h11,15-16H,2-10H2,1H3. The second kappa shape index (κ2) is 9.52. The summed E-state index contributed by atoms with van der Waals surface area (Å²) in [5.41, 5.74) is 0. The number of halogens is 2. The molecule has 0 aromatic carbocycles. The highest BCUT2D eigenvalue weighted by Gasteiger charge is 2.29. The van der Waals surface area contributed by atoms with Crippen LogP contribution in [0.1, 0.15) is 64.7 Å². The van der Waals surface area contributed by atoms with Gasteiger partial charge < -0.3 is 10.2 Å². The molecule has 16 heavy (non-hydrogen) atoms. The maximum Gasteiger partial charge on any atom is 0.260 e. The first-order valence-electron chi connectivity index (χ1n) is 6.26. The van der Waals surface area contributed by atoms with Gasteiger partial charge in [0.2, 0.25) is 0 Å². The van der Waals surface area contributed by atoms with E-state index < -0.39 is 10.6 Å². The van der Waals surface area contributed by atoms with Crippen molar-refractivity contribution < 1.29 is 10.2 Å². The van der Waals surface area contributed by atoms with Crippen molar-refractivity contribution in [1.82, 2.24) is 0 Å². The molecule has 2 N–H and O–H groups in total. The highest BCUT2D eigenvalue weighted by atomic mass is 35.5. The quantitative estimate of drug-likeness (QED) is 0.358. The summed E-state index contributed by atoms with van der Waals surface area (Å²) >= 11 is 11.0. The Morgan fingerprint density at radius 3 is 1.81 bits per heavy atom. The minimum Gasteiger partial charge on any atom is -0.352 e. The number of unbranched alkanes of at least 4 members (excludes halogenated alkanes) is 7. The lowest BCUT2D eigenvalue weighted by Crippen LogP contribution is -2.31. The van der Waals surface area contributed by atoms with Gasteiger partial charge >= 0.3 is 0 Å². The zero-order valence-corrected chi connectivity index (χ0v) is 11.6. The van der Waals surface area contributed by atoms with Crippen LogP contribution in [-0.2, 0) is 0 Å². The van der Waals surface area contributed by atoms with E-state index >= 15 is 0 Å². The summed E-state index contributed by atoms with van der Waals surface area (Å²) in [7, 11) is 0. The SMILES string of the molecule is CCCCCCCCCCC(Cl)C(O)(O)Cl. The van der Waals surface area contributed by atoms with Crippen LogP contribution in [0.3, 0.4) is 0 Å². The van der Waals surface area contributed by atoms with E-state index in [2.05, 4.69) is 6.92 Å². The summed E-state index contributed by atoms with van der Waals surface area (Å²) < 4.78 is 0. The van der Waals surface area contributed by atoms with Gasteiger partial charge in [-0.3, -0.25) is 0 Å². The third-order valence-corrected chi connectivity index (χ3v) is 3.61. The lowest BCUT2D eigenvalue weighted by molar-refractivity contribution is -0.0872. The molecule has 2 nitrogen and oxygen atoms in total. The van der Waals surface area contributed by atoms with Crippen LogP contribution >= 0.6 is 23.2 Å². The highest BCUT2D eigenvalue weighted by Crippen LogP contribution is 2.23. The molecule has 0 fully saturated rings. The topological polar surface area (TPSA) is 40.5 Å². The van der Waals surface area contributed by atoms with E-state index in [0.717, 1.165) is 12.8 Å². The first-order chi connectivity index (χ1) is 7.48. The van der Waals surface area contributed by atoms with E-state index in [1.807, 2.05) is 0 Å². The molecule has 98 valence electrons. The van der Waals surface area contributed by atoms with Gasteiger partial charge in [0.05, 0.1) is 0 Å². The van der Waals surface area contributed by atoms with E-state index in [4.69, 9.17) is 33.4 Å². The summed E-state index contributed by atoms with van der Waals surface area (Å²) in [6.45, 7) is 2.21. The molecule has 4 heteroatoms. The van der Waals surface area contributed by atoms with Crippen molar-refractivity contribution in [3.05, 3.63) is 0 Å². The summed E-state index contributed by atoms with van der Waals surface area (Å²) in [5.74, 6) is 0. The van der Waals surface area contributed by atoms with Crippen LogP contribution in [0, 0.1) is 0 Å². The van der Waals surface area contributed by atoms with E-state index in [1.54, 1.807) is 0 Å². The number of rotatable bonds is 10. The van der Waals surface area contributed by atoms with Gasteiger partial charge in [0.25, 0.3) is 5.25 Å². The molecule has 1 unspecified atom stereocenters. The summed E-state index contributed by atoms with van der Waals surface area (Å²) in [5, 5.41) is 14.9. The van der Waals surface area contributed by atoms with Gasteiger partial charge in [0.1, 0.15) is 5.38 Å². The molecule has 0 amide bonds. The molecular formula is C12H24Cl2O2. The summed E-state index contributed by atoms with van der Waals surface area (Å²) in [6, 6.07) is 0. The maximum atomic E-state index is 8.98. The van der Waals surface area contributed by atoms with Gasteiger partial charge in [-0.05, 0) is 6.42 Å². The second-order valence-electron chi connectivity index (χ2n) is 4.37. The molecule has 0 aromatic rings. The van der Waals surface area contributed by atoms with Gasteiger partial charge in [-0.2, -0.15) is 0 Å². The minimum absolute atomic E-state index is 0.549. The van der Waals surface area contributed by atoms with E-state index in [9.17, 15) is 0 Å². The molecule has 0 aliphatic rings. The fraction of sp³-hybridized carbons (Fsp3) is 1.00. The Morgan fingerprint density at radius 1 is 0.938 bits per heavy atom. The summed E-state index contributed by atoms with van der Waals surface area (Å²) in [6.07, 6.45) is 10.2. The maximum absolute atomic E-state index is 8.98. The monoisotopic (exact) mass is 270 g/mol. The number of hydrogen-bond donors (Lipinski definition) is 2. The van der Waals surface area contributed by atoms with E-state index in [-0.39, 0.29) is 0 Å². The first kappa shape index (κ1) is 16.5. The fourth-order valence-electron chi connectivity index (χ4n) is 1.64. The second-order valence-corrected chi connectivity index (χ2v) is 5.45. The van der Waals surface area contributed by atoms with Crippen LogP contribution in [0.5, 0.6) is 0 Å². The molecule has 0 radical (unpaired) electrons. The Labute approximate surface area is 109 Å². The number of alkyl halides is 2. The normalized spacial score (nSPS) is 14.1. The summed E-state index contributed by atoms with van der Waals surface area (Å²) in [4.78, 5) is 0. The largest absolute Gasteiger partial charge is 0.352 e. The molecule has 0 bridgehead atoms. The molecule has 0 spiro atoms. The zero-order chi connectivity index (χ0) is 12.4. The fourth-order valence-corrected chi connectivity index (χ4v) is 1.90. The van der Waals surface area contributed by atoms with Crippen molar-refractivity contribution >= 4 is 23.2 Å². The van der Waals surface area contributed by atoms with Crippen molar-refractivity contribution in [1.29, 1.82) is 0 Å². The third-order valence-electron chi connectivity index (χ3n) is 2.71. The predicted octanol–water partition coefficient (Wildman–Crippen LogP) is 4.00. The first-order valence-corrected chi connectivity index (χ1v) is 7.07. The van der Waals surface area contributed by atoms with E-state index in [1.165, 1.54) is 38.5 Å². The average Bonchev–Trinajstić information content (AvgIpc) is 2.20. The number of aliphatic hydroxyl groups is 2. The highest BCUT2D eigenvalue weighted by molar-refractivity contribution is 6.30. The Balaban J connectivity index is 3.21. The Bertz CT molecular complexity index is 158. The van der Waals surface area contributed by atoms with Gasteiger partial charge in [0.15, 0.2) is 0 Å². The van der Waals surface area contributed by atoms with Gasteiger partial charge in [-0.1, -0.05) is 69.9 Å². The Hall–Kier alpha value is 0.500. The van der Waals surface area contributed by atoms with Gasteiger partial charge in [-0.25, -0.2) is 0 Å². The zero-order valence-electron chi connectivity index (χ0n) is 10.1. The molecule has 0 aliphatic carbocycles. The minimum atomic E-state index is -2.26. The molecule has 0 saturated heterocycles. The van der Waals surface area contributed by atoms with Crippen LogP contribution in [-0.4, -0.2) is 20.8 Å². The van der Waals surface area contributed by atoms with Crippen LogP contribution in [0.25, 0.3) is 0 Å². The van der Waals surface area contributed by atoms with Crippen molar-refractivity contribution in [2.24, 2.45) is 0 Å². The van der Waals surface area contributed by atoms with Crippen molar-refractivity contribution in [2.75, 3.05) is 0 Å². The van der Waals surface area contributed by atoms with Crippen molar-refractivity contribution in [3.8, 4) is 0 Å². The third kappa shape index (κ3) is 9.71. The lowest BCUT2D eigenvalue weighted by atomic mass is 10.1. The van der Waals surface area contributed by atoms with Crippen LogP contribution < -0.4 is 0 Å². The molecular weight excluding hydrogens is 247 g/mol. The lowest BCUT2D eigenvalue weighted by Gasteiger charge is -2.19. The molecule has 0 aromatic heterocycles. The van der Waals surface area contributed by atoms with Crippen molar-refractivity contribution in [3.63, 3.8) is 0 Å². The number of hydrogen-bond acceptors (Lipinski definition) is 2. The Morgan fingerprint density at radius 2 is 1.38 bits per heavy atom. The van der Waals surface area contributed by atoms with Crippen LogP contribution in [0.4, 0.5) is 0 Å². The smallest absolute Gasteiger partial charge is 0.260 e. The van der Waals surface area contributed by atoms with E-state index in [0.29, 0.717) is 6.42 Å². The molecule has 0 aliphatic heterocycles. The van der Waals surface area contributed by atoms with Crippen LogP contribution in [0.2, 0.25) is 0 Å². The van der Waals surface area contributed by atoms with Gasteiger partial charge in [0, 0.05) is 0 Å².